The van der Waals surface area contributed by atoms with Crippen molar-refractivity contribution in [1.82, 2.24) is 5.01 Å². The molecule has 2 aromatic rings. The molecule has 1 unspecified atom stereocenters. The van der Waals surface area contributed by atoms with Crippen LogP contribution in [0.4, 0.5) is 0 Å². The number of phenolic OH excluding ortho intramolecular Hbond substituents is 2. The Bertz CT molecular complexity index is 774. The van der Waals surface area contributed by atoms with E-state index < -0.39 is 0 Å². The molecule has 4 heteroatoms. The van der Waals surface area contributed by atoms with Gasteiger partial charge in [0.25, 0.3) is 0 Å². The van der Waals surface area contributed by atoms with Crippen molar-refractivity contribution in [3.63, 3.8) is 0 Å². The third-order valence-corrected chi connectivity index (χ3v) is 3.95. The first-order chi connectivity index (χ1) is 11.6. The van der Waals surface area contributed by atoms with E-state index >= 15 is 0 Å². The molecule has 0 aliphatic carbocycles. The van der Waals surface area contributed by atoms with Crippen LogP contribution in [0.5, 0.6) is 11.5 Å². The van der Waals surface area contributed by atoms with E-state index in [-0.39, 0.29) is 17.5 Å². The van der Waals surface area contributed by atoms with Gasteiger partial charge in [-0.05, 0) is 41.5 Å². The highest BCUT2D eigenvalue weighted by Gasteiger charge is 2.19. The van der Waals surface area contributed by atoms with Gasteiger partial charge >= 0.3 is 0 Å². The maximum absolute atomic E-state index is 9.31. The molecule has 0 spiro atoms. The van der Waals surface area contributed by atoms with Gasteiger partial charge in [-0.15, -0.1) is 0 Å². The summed E-state index contributed by atoms with van der Waals surface area (Å²) >= 11 is 0. The van der Waals surface area contributed by atoms with E-state index in [0.29, 0.717) is 0 Å². The molecular weight excluding hydrogens is 300 g/mol. The van der Waals surface area contributed by atoms with E-state index in [0.717, 1.165) is 23.3 Å². The van der Waals surface area contributed by atoms with Gasteiger partial charge in [-0.1, -0.05) is 42.5 Å². The van der Waals surface area contributed by atoms with Gasteiger partial charge in [0, 0.05) is 13.5 Å². The van der Waals surface area contributed by atoms with E-state index in [1.165, 1.54) is 0 Å². The molecule has 0 saturated carbocycles. The van der Waals surface area contributed by atoms with Crippen LogP contribution in [0, 0.1) is 0 Å². The molecule has 0 saturated heterocycles. The average Bonchev–Trinajstić information content (AvgIpc) is 2.94. The first-order valence-corrected chi connectivity index (χ1v) is 7.85. The first-order valence-electron chi connectivity index (χ1n) is 7.85. The second kappa shape index (κ2) is 7.04. The number of rotatable bonds is 4. The summed E-state index contributed by atoms with van der Waals surface area (Å²) in [5.74, 6) is 0.541. The predicted molar refractivity (Wildman–Crippen MR) is 97.9 cm³/mol. The summed E-state index contributed by atoms with van der Waals surface area (Å²) in [4.78, 5) is 0. The third kappa shape index (κ3) is 4.04. The first kappa shape index (κ1) is 15.9. The summed E-state index contributed by atoms with van der Waals surface area (Å²) < 4.78 is 0. The van der Waals surface area contributed by atoms with Crippen molar-refractivity contribution < 1.29 is 10.2 Å². The highest BCUT2D eigenvalue weighted by molar-refractivity contribution is 5.99. The number of aromatic hydroxyl groups is 2. The normalized spacial score (nSPS) is 17.8. The number of hydrazone groups is 1. The molecule has 1 aliphatic heterocycles. The van der Waals surface area contributed by atoms with Crippen LogP contribution >= 0.6 is 0 Å². The molecule has 3 rings (SSSR count). The number of nitrogens with zero attached hydrogens (tertiary/aromatic N) is 2. The number of hydrogen-bond acceptors (Lipinski definition) is 4. The van der Waals surface area contributed by atoms with E-state index in [1.54, 1.807) is 24.3 Å². The molecule has 0 amide bonds. The standard InChI is InChI=1S/C20H20N2O2/c1-22-18(9-3-16-6-12-20(24)13-7-16)14-17(21-22)8-2-15-4-10-19(23)11-5-15/h2-13,18,23-24H,14H2,1H3/b8-2+,9-3+. The third-order valence-electron chi connectivity index (χ3n) is 3.95. The van der Waals surface area contributed by atoms with Crippen molar-refractivity contribution in [3.05, 3.63) is 71.8 Å². The van der Waals surface area contributed by atoms with Gasteiger partial charge in [0.1, 0.15) is 11.5 Å². The van der Waals surface area contributed by atoms with Crippen LogP contribution in [-0.4, -0.2) is 34.0 Å². The van der Waals surface area contributed by atoms with Crippen molar-refractivity contribution in [2.24, 2.45) is 5.10 Å². The Morgan fingerprint density at radius 3 is 2.00 bits per heavy atom. The van der Waals surface area contributed by atoms with Crippen molar-refractivity contribution in [3.8, 4) is 11.5 Å². The fourth-order valence-corrected chi connectivity index (χ4v) is 2.54. The number of hydrogen-bond donors (Lipinski definition) is 2. The quantitative estimate of drug-likeness (QED) is 0.899. The number of allylic oxidation sites excluding steroid dienone is 1. The van der Waals surface area contributed by atoms with Gasteiger partial charge in [0.05, 0.1) is 11.8 Å². The summed E-state index contributed by atoms with van der Waals surface area (Å²) in [6, 6.07) is 14.4. The largest absolute Gasteiger partial charge is 0.508 e. The molecule has 2 aromatic carbocycles. The second-order valence-corrected chi connectivity index (χ2v) is 5.81. The molecule has 1 heterocycles. The summed E-state index contributed by atoms with van der Waals surface area (Å²) in [5.41, 5.74) is 3.10. The van der Waals surface area contributed by atoms with Crippen LogP contribution in [0.1, 0.15) is 17.5 Å². The lowest BCUT2D eigenvalue weighted by Gasteiger charge is -2.14. The number of likely N-dealkylation sites (N-methyl/N-ethyl adjacent to an activating group) is 1. The summed E-state index contributed by atoms with van der Waals surface area (Å²) in [7, 11) is 1.97. The Morgan fingerprint density at radius 1 is 0.875 bits per heavy atom. The average molecular weight is 320 g/mol. The van der Waals surface area contributed by atoms with E-state index in [9.17, 15) is 10.2 Å². The SMILES string of the molecule is CN1N=C(/C=C/c2ccc(O)cc2)CC1/C=C/c1ccc(O)cc1. The lowest BCUT2D eigenvalue weighted by Crippen LogP contribution is -2.19. The molecule has 0 aromatic heterocycles. The van der Waals surface area contributed by atoms with Gasteiger partial charge in [0.15, 0.2) is 0 Å². The maximum atomic E-state index is 9.31. The Labute approximate surface area is 141 Å². The number of benzene rings is 2. The van der Waals surface area contributed by atoms with Gasteiger partial charge in [-0.2, -0.15) is 5.10 Å². The number of phenols is 2. The molecule has 0 fully saturated rings. The fourth-order valence-electron chi connectivity index (χ4n) is 2.54. The molecule has 4 nitrogen and oxygen atoms in total. The molecule has 2 N–H and O–H groups in total. The van der Waals surface area contributed by atoms with Crippen molar-refractivity contribution in [1.29, 1.82) is 0 Å². The summed E-state index contributed by atoms with van der Waals surface area (Å²) in [6.07, 6.45) is 9.02. The molecule has 0 bridgehead atoms. The minimum absolute atomic E-state index is 0.221. The Hall–Kier alpha value is -3.01. The van der Waals surface area contributed by atoms with Crippen LogP contribution in [-0.2, 0) is 0 Å². The lowest BCUT2D eigenvalue weighted by molar-refractivity contribution is 0.330. The van der Waals surface area contributed by atoms with Crippen LogP contribution in [0.2, 0.25) is 0 Å². The Morgan fingerprint density at radius 2 is 1.42 bits per heavy atom. The van der Waals surface area contributed by atoms with Crippen LogP contribution in [0.15, 0.2) is 65.8 Å². The Kier molecular flexibility index (Phi) is 4.66. The van der Waals surface area contributed by atoms with Crippen molar-refractivity contribution in [2.75, 3.05) is 7.05 Å². The van der Waals surface area contributed by atoms with Gasteiger partial charge in [-0.3, -0.25) is 5.01 Å². The summed E-state index contributed by atoms with van der Waals surface area (Å²) in [6.45, 7) is 0. The van der Waals surface area contributed by atoms with Gasteiger partial charge in [0.2, 0.25) is 0 Å². The molecule has 24 heavy (non-hydrogen) atoms. The van der Waals surface area contributed by atoms with Crippen LogP contribution in [0.3, 0.4) is 0 Å². The zero-order valence-electron chi connectivity index (χ0n) is 13.5. The minimum atomic E-state index is 0.221. The monoisotopic (exact) mass is 320 g/mol. The van der Waals surface area contributed by atoms with Crippen LogP contribution < -0.4 is 0 Å². The zero-order chi connectivity index (χ0) is 16.9. The van der Waals surface area contributed by atoms with Crippen molar-refractivity contribution >= 4 is 17.9 Å². The predicted octanol–water partition coefficient (Wildman–Crippen LogP) is 3.88. The van der Waals surface area contributed by atoms with E-state index in [1.807, 2.05) is 54.6 Å². The fraction of sp³-hybridized carbons (Fsp3) is 0.150. The highest BCUT2D eigenvalue weighted by atomic mass is 16.3. The topological polar surface area (TPSA) is 56.1 Å². The molecule has 122 valence electrons. The highest BCUT2D eigenvalue weighted by Crippen LogP contribution is 2.19. The second-order valence-electron chi connectivity index (χ2n) is 5.81. The van der Waals surface area contributed by atoms with Crippen LogP contribution in [0.25, 0.3) is 12.2 Å². The zero-order valence-corrected chi connectivity index (χ0v) is 13.5. The molecule has 0 radical (unpaired) electrons. The lowest BCUT2D eigenvalue weighted by atomic mass is 10.1. The molecule has 1 atom stereocenters. The van der Waals surface area contributed by atoms with Gasteiger partial charge in [-0.25, -0.2) is 0 Å². The Balaban J connectivity index is 1.62. The maximum Gasteiger partial charge on any atom is 0.115 e. The minimum Gasteiger partial charge on any atom is -0.508 e. The van der Waals surface area contributed by atoms with E-state index in [4.69, 9.17) is 0 Å². The molecule has 1 aliphatic rings. The summed E-state index contributed by atoms with van der Waals surface area (Å²) in [5, 5.41) is 25.1. The molecular formula is C20H20N2O2. The van der Waals surface area contributed by atoms with E-state index in [2.05, 4.69) is 11.2 Å². The smallest absolute Gasteiger partial charge is 0.115 e. The van der Waals surface area contributed by atoms with Crippen molar-refractivity contribution in [2.45, 2.75) is 12.5 Å². The van der Waals surface area contributed by atoms with Gasteiger partial charge < -0.3 is 10.2 Å².